The van der Waals surface area contributed by atoms with Crippen LogP contribution < -0.4 is 10.6 Å². The van der Waals surface area contributed by atoms with Crippen LogP contribution in [0, 0.1) is 5.92 Å². The normalized spacial score (nSPS) is 17.1. The number of furan rings is 1. The minimum absolute atomic E-state index is 0. The number of hydrogen-bond acceptors (Lipinski definition) is 4. The molecule has 0 bridgehead atoms. The second-order valence-corrected chi connectivity index (χ2v) is 6.85. The molecule has 1 aliphatic heterocycles. The highest BCUT2D eigenvalue weighted by atomic mass is 35.5. The summed E-state index contributed by atoms with van der Waals surface area (Å²) >= 11 is 1.71. The van der Waals surface area contributed by atoms with Crippen molar-refractivity contribution >= 4 is 30.1 Å². The zero-order valence-electron chi connectivity index (χ0n) is 13.5. The third kappa shape index (κ3) is 5.30. The lowest BCUT2D eigenvalue weighted by Crippen LogP contribution is -2.38. The second-order valence-electron chi connectivity index (χ2n) is 5.80. The molecule has 1 fully saturated rings. The molecule has 3 rings (SSSR count). The molecule has 1 unspecified atom stereocenters. The van der Waals surface area contributed by atoms with E-state index in [9.17, 15) is 4.79 Å². The number of halogens is 1. The lowest BCUT2D eigenvalue weighted by molar-refractivity contribution is 0.0916. The van der Waals surface area contributed by atoms with E-state index in [1.165, 1.54) is 17.7 Å². The van der Waals surface area contributed by atoms with Gasteiger partial charge in [-0.15, -0.1) is 24.2 Å². The largest absolute Gasteiger partial charge is 0.459 e. The standard InChI is InChI=1S/C18H22N2O2S.ClH/c21-18(20-12-14-5-4-9-19-11-14)17-15(8-10-22-17)13-23-16-6-2-1-3-7-16;/h1-3,6-8,10,14,19H,4-5,9,11-13H2,(H,20,21);1H. The fourth-order valence-electron chi connectivity index (χ4n) is 2.74. The van der Waals surface area contributed by atoms with E-state index in [1.807, 2.05) is 24.3 Å². The molecule has 4 nitrogen and oxygen atoms in total. The summed E-state index contributed by atoms with van der Waals surface area (Å²) in [7, 11) is 0. The number of hydrogen-bond donors (Lipinski definition) is 2. The van der Waals surface area contributed by atoms with Crippen molar-refractivity contribution in [3.8, 4) is 0 Å². The minimum atomic E-state index is -0.107. The first kappa shape index (κ1) is 18.9. The number of carbonyl (C=O) groups is 1. The van der Waals surface area contributed by atoms with Crippen LogP contribution in [0.25, 0.3) is 0 Å². The third-order valence-corrected chi connectivity index (χ3v) is 5.10. The maximum atomic E-state index is 12.3. The first-order valence-corrected chi connectivity index (χ1v) is 9.04. The van der Waals surface area contributed by atoms with Crippen molar-refractivity contribution in [3.05, 3.63) is 54.0 Å². The lowest BCUT2D eigenvalue weighted by Gasteiger charge is -2.22. The Hall–Kier alpha value is -1.43. The van der Waals surface area contributed by atoms with Gasteiger partial charge < -0.3 is 15.1 Å². The molecule has 1 saturated heterocycles. The van der Waals surface area contributed by atoms with Gasteiger partial charge in [0.05, 0.1) is 6.26 Å². The topological polar surface area (TPSA) is 54.3 Å². The van der Waals surface area contributed by atoms with Crippen molar-refractivity contribution in [2.24, 2.45) is 5.92 Å². The van der Waals surface area contributed by atoms with Gasteiger partial charge in [0.15, 0.2) is 5.76 Å². The van der Waals surface area contributed by atoms with Gasteiger partial charge in [-0.25, -0.2) is 0 Å². The molecule has 1 aromatic carbocycles. The van der Waals surface area contributed by atoms with E-state index >= 15 is 0 Å². The van der Waals surface area contributed by atoms with E-state index in [0.717, 1.165) is 24.4 Å². The first-order chi connectivity index (χ1) is 11.3. The molecule has 24 heavy (non-hydrogen) atoms. The summed E-state index contributed by atoms with van der Waals surface area (Å²) in [5.41, 5.74) is 0.943. The van der Waals surface area contributed by atoms with E-state index in [4.69, 9.17) is 4.42 Å². The van der Waals surface area contributed by atoms with Gasteiger partial charge in [-0.1, -0.05) is 18.2 Å². The van der Waals surface area contributed by atoms with Gasteiger partial charge in [0.2, 0.25) is 0 Å². The highest BCUT2D eigenvalue weighted by molar-refractivity contribution is 7.98. The van der Waals surface area contributed by atoms with Gasteiger partial charge >= 0.3 is 0 Å². The van der Waals surface area contributed by atoms with Crippen LogP contribution in [0.15, 0.2) is 52.0 Å². The Morgan fingerprint density at radius 3 is 2.88 bits per heavy atom. The van der Waals surface area contributed by atoms with Crippen molar-refractivity contribution in [2.45, 2.75) is 23.5 Å². The molecule has 0 aliphatic carbocycles. The molecule has 1 atom stereocenters. The Labute approximate surface area is 153 Å². The monoisotopic (exact) mass is 366 g/mol. The van der Waals surface area contributed by atoms with E-state index in [0.29, 0.717) is 18.2 Å². The molecule has 1 aliphatic rings. The Balaban J connectivity index is 0.00000208. The predicted molar refractivity (Wildman–Crippen MR) is 99.9 cm³/mol. The minimum Gasteiger partial charge on any atom is -0.459 e. The zero-order chi connectivity index (χ0) is 15.9. The summed E-state index contributed by atoms with van der Waals surface area (Å²) in [5, 5.41) is 6.38. The van der Waals surface area contributed by atoms with E-state index in [2.05, 4.69) is 22.8 Å². The first-order valence-electron chi connectivity index (χ1n) is 8.06. The predicted octanol–water partition coefficient (Wildman–Crippen LogP) is 3.72. The number of benzene rings is 1. The van der Waals surface area contributed by atoms with Crippen LogP contribution in [-0.4, -0.2) is 25.5 Å². The summed E-state index contributed by atoms with van der Waals surface area (Å²) < 4.78 is 5.41. The van der Waals surface area contributed by atoms with Gasteiger partial charge in [-0.3, -0.25) is 4.79 Å². The number of thioether (sulfide) groups is 1. The van der Waals surface area contributed by atoms with Gasteiger partial charge in [-0.05, 0) is 50.0 Å². The maximum Gasteiger partial charge on any atom is 0.287 e. The van der Waals surface area contributed by atoms with Crippen molar-refractivity contribution in [1.82, 2.24) is 10.6 Å². The van der Waals surface area contributed by atoms with Crippen LogP contribution in [0.4, 0.5) is 0 Å². The van der Waals surface area contributed by atoms with Crippen LogP contribution in [0.5, 0.6) is 0 Å². The Morgan fingerprint density at radius 1 is 1.29 bits per heavy atom. The molecule has 1 amide bonds. The molecule has 2 N–H and O–H groups in total. The summed E-state index contributed by atoms with van der Waals surface area (Å²) in [6, 6.07) is 12.1. The van der Waals surface area contributed by atoms with Gasteiger partial charge in [0.25, 0.3) is 5.91 Å². The smallest absolute Gasteiger partial charge is 0.287 e. The number of rotatable bonds is 6. The molecule has 6 heteroatoms. The molecular weight excluding hydrogens is 344 g/mol. The van der Waals surface area contributed by atoms with Gasteiger partial charge in [0.1, 0.15) is 0 Å². The van der Waals surface area contributed by atoms with Crippen molar-refractivity contribution in [2.75, 3.05) is 19.6 Å². The summed E-state index contributed by atoms with van der Waals surface area (Å²) in [6.45, 7) is 2.77. The SMILES string of the molecule is Cl.O=C(NCC1CCCNC1)c1occc1CSc1ccccc1. The van der Waals surface area contributed by atoms with Crippen LogP contribution >= 0.6 is 24.2 Å². The van der Waals surface area contributed by atoms with Gasteiger partial charge in [-0.2, -0.15) is 0 Å². The summed E-state index contributed by atoms with van der Waals surface area (Å²) in [4.78, 5) is 13.5. The number of nitrogens with one attached hydrogen (secondary N) is 2. The molecule has 1 aromatic heterocycles. The van der Waals surface area contributed by atoms with Crippen LogP contribution in [-0.2, 0) is 5.75 Å². The van der Waals surface area contributed by atoms with Gasteiger partial charge in [0, 0.05) is 22.8 Å². The molecule has 0 radical (unpaired) electrons. The van der Waals surface area contributed by atoms with E-state index in [1.54, 1.807) is 18.0 Å². The number of piperidine rings is 1. The molecule has 0 spiro atoms. The Kier molecular flexibility index (Phi) is 7.69. The average molecular weight is 367 g/mol. The van der Waals surface area contributed by atoms with Crippen LogP contribution in [0.3, 0.4) is 0 Å². The average Bonchev–Trinajstić information content (AvgIpc) is 3.08. The van der Waals surface area contributed by atoms with Crippen molar-refractivity contribution < 1.29 is 9.21 Å². The quantitative estimate of drug-likeness (QED) is 0.765. The van der Waals surface area contributed by atoms with Crippen molar-refractivity contribution in [3.63, 3.8) is 0 Å². The highest BCUT2D eigenvalue weighted by Crippen LogP contribution is 2.24. The number of amides is 1. The fourth-order valence-corrected chi connectivity index (χ4v) is 3.64. The summed E-state index contributed by atoms with van der Waals surface area (Å²) in [6.07, 6.45) is 3.94. The molecule has 130 valence electrons. The second kappa shape index (κ2) is 9.77. The van der Waals surface area contributed by atoms with Crippen LogP contribution in [0.1, 0.15) is 29.0 Å². The maximum absolute atomic E-state index is 12.3. The Bertz CT molecular complexity index is 627. The zero-order valence-corrected chi connectivity index (χ0v) is 15.1. The summed E-state index contributed by atoms with van der Waals surface area (Å²) in [5.74, 6) is 1.58. The number of carbonyl (C=O) groups excluding carboxylic acids is 1. The lowest BCUT2D eigenvalue weighted by atomic mass is 10.00. The van der Waals surface area contributed by atoms with E-state index in [-0.39, 0.29) is 18.3 Å². The highest BCUT2D eigenvalue weighted by Gasteiger charge is 2.18. The third-order valence-electron chi connectivity index (χ3n) is 4.04. The molecule has 2 heterocycles. The molecule has 2 aromatic rings. The molecular formula is C18H23ClN2O2S. The molecule has 0 saturated carbocycles. The Morgan fingerprint density at radius 2 is 2.12 bits per heavy atom. The van der Waals surface area contributed by atoms with Crippen molar-refractivity contribution in [1.29, 1.82) is 0 Å². The van der Waals surface area contributed by atoms with Crippen LogP contribution in [0.2, 0.25) is 0 Å². The van der Waals surface area contributed by atoms with E-state index < -0.39 is 0 Å². The fraction of sp³-hybridized carbons (Fsp3) is 0.389.